The maximum atomic E-state index is 13.7. The Morgan fingerprint density at radius 2 is 1.95 bits per heavy atom. The minimum Gasteiger partial charge on any atom is -0.338 e. The van der Waals surface area contributed by atoms with Crippen molar-refractivity contribution >= 4 is 6.03 Å². The fraction of sp³-hybridized carbons (Fsp3) is 0.562. The van der Waals surface area contributed by atoms with Crippen molar-refractivity contribution in [1.82, 2.24) is 15.1 Å². The van der Waals surface area contributed by atoms with Crippen LogP contribution in [0.15, 0.2) is 18.2 Å². The summed E-state index contributed by atoms with van der Waals surface area (Å²) in [4.78, 5) is 15.7. The van der Waals surface area contributed by atoms with Gasteiger partial charge in [0.2, 0.25) is 0 Å². The van der Waals surface area contributed by atoms with E-state index in [9.17, 15) is 13.6 Å². The van der Waals surface area contributed by atoms with Gasteiger partial charge in [-0.3, -0.25) is 4.90 Å². The second-order valence-corrected chi connectivity index (χ2v) is 5.56. The first-order valence-electron chi connectivity index (χ1n) is 7.80. The molecule has 6 heteroatoms. The lowest BCUT2D eigenvalue weighted by atomic mass is 10.1. The minimum atomic E-state index is -0.813. The number of rotatable bonds is 5. The topological polar surface area (TPSA) is 35.6 Å². The number of carbonyl (C=O) groups excluding carboxylic acids is 1. The molecule has 1 aliphatic rings. The lowest BCUT2D eigenvalue weighted by molar-refractivity contribution is 0.134. The number of benzene rings is 1. The summed E-state index contributed by atoms with van der Waals surface area (Å²) >= 11 is 0. The zero-order chi connectivity index (χ0) is 15.9. The molecule has 0 aliphatic carbocycles. The van der Waals surface area contributed by atoms with E-state index in [0.29, 0.717) is 44.8 Å². The van der Waals surface area contributed by atoms with Crippen molar-refractivity contribution < 1.29 is 13.6 Å². The Hall–Kier alpha value is -1.69. The highest BCUT2D eigenvalue weighted by Gasteiger charge is 2.21. The molecular formula is C16H23F2N3O. The van der Waals surface area contributed by atoms with Crippen LogP contribution < -0.4 is 5.32 Å². The maximum absolute atomic E-state index is 13.7. The molecule has 1 fully saturated rings. The molecule has 1 aromatic carbocycles. The largest absolute Gasteiger partial charge is 0.338 e. The summed E-state index contributed by atoms with van der Waals surface area (Å²) < 4.78 is 26.9. The summed E-state index contributed by atoms with van der Waals surface area (Å²) in [6.07, 6.45) is 2.03. The Kier molecular flexibility index (Phi) is 6.12. The monoisotopic (exact) mass is 311 g/mol. The SMILES string of the molecule is CCCCNC(=O)N1CCN(Cc2cccc(F)c2F)CC1. The smallest absolute Gasteiger partial charge is 0.317 e. The molecule has 0 bridgehead atoms. The zero-order valence-electron chi connectivity index (χ0n) is 12.9. The lowest BCUT2D eigenvalue weighted by Crippen LogP contribution is -2.51. The summed E-state index contributed by atoms with van der Waals surface area (Å²) in [5, 5.41) is 2.89. The predicted octanol–water partition coefficient (Wildman–Crippen LogP) is 2.59. The molecule has 0 unspecified atom stereocenters. The van der Waals surface area contributed by atoms with Crippen LogP contribution in [0.2, 0.25) is 0 Å². The van der Waals surface area contributed by atoms with Crippen molar-refractivity contribution in [2.24, 2.45) is 0 Å². The third-order valence-electron chi connectivity index (χ3n) is 3.89. The highest BCUT2D eigenvalue weighted by Crippen LogP contribution is 2.15. The van der Waals surface area contributed by atoms with Gasteiger partial charge in [0.15, 0.2) is 11.6 Å². The molecule has 122 valence electrons. The Labute approximate surface area is 130 Å². The number of carbonyl (C=O) groups is 1. The van der Waals surface area contributed by atoms with Crippen LogP contribution in [0.3, 0.4) is 0 Å². The predicted molar refractivity (Wildman–Crippen MR) is 81.5 cm³/mol. The van der Waals surface area contributed by atoms with Gasteiger partial charge in [0.05, 0.1) is 0 Å². The quantitative estimate of drug-likeness (QED) is 0.849. The van der Waals surface area contributed by atoms with Crippen LogP contribution in [-0.2, 0) is 6.54 Å². The van der Waals surface area contributed by atoms with Crippen LogP contribution in [0.25, 0.3) is 0 Å². The average molecular weight is 311 g/mol. The van der Waals surface area contributed by atoms with Gasteiger partial charge in [-0.25, -0.2) is 13.6 Å². The molecule has 1 N–H and O–H groups in total. The molecule has 0 atom stereocenters. The Bertz CT molecular complexity index is 502. The highest BCUT2D eigenvalue weighted by atomic mass is 19.2. The van der Waals surface area contributed by atoms with Gasteiger partial charge in [-0.1, -0.05) is 25.5 Å². The van der Waals surface area contributed by atoms with Crippen LogP contribution in [0.5, 0.6) is 0 Å². The molecule has 4 nitrogen and oxygen atoms in total. The molecular weight excluding hydrogens is 288 g/mol. The third kappa shape index (κ3) is 4.40. The molecule has 1 aliphatic heterocycles. The van der Waals surface area contributed by atoms with E-state index in [1.807, 2.05) is 4.90 Å². The van der Waals surface area contributed by atoms with Gasteiger partial charge in [-0.2, -0.15) is 0 Å². The van der Waals surface area contributed by atoms with Gasteiger partial charge in [0.1, 0.15) is 0 Å². The molecule has 1 aromatic rings. The van der Waals surface area contributed by atoms with E-state index >= 15 is 0 Å². The number of hydrogen-bond acceptors (Lipinski definition) is 2. The van der Waals surface area contributed by atoms with E-state index in [0.717, 1.165) is 18.9 Å². The highest BCUT2D eigenvalue weighted by molar-refractivity contribution is 5.74. The van der Waals surface area contributed by atoms with E-state index in [4.69, 9.17) is 0 Å². The first kappa shape index (κ1) is 16.7. The van der Waals surface area contributed by atoms with Gasteiger partial charge < -0.3 is 10.2 Å². The van der Waals surface area contributed by atoms with Crippen LogP contribution >= 0.6 is 0 Å². The van der Waals surface area contributed by atoms with E-state index in [1.54, 1.807) is 11.0 Å². The fourth-order valence-electron chi connectivity index (χ4n) is 2.50. The Morgan fingerprint density at radius 3 is 2.64 bits per heavy atom. The van der Waals surface area contributed by atoms with Crippen molar-refractivity contribution in [1.29, 1.82) is 0 Å². The fourth-order valence-corrected chi connectivity index (χ4v) is 2.50. The van der Waals surface area contributed by atoms with Crippen molar-refractivity contribution in [3.05, 3.63) is 35.4 Å². The van der Waals surface area contributed by atoms with Crippen molar-refractivity contribution in [2.75, 3.05) is 32.7 Å². The molecule has 2 rings (SSSR count). The molecule has 0 aromatic heterocycles. The van der Waals surface area contributed by atoms with Crippen LogP contribution in [-0.4, -0.2) is 48.6 Å². The Balaban J connectivity index is 1.80. The van der Waals surface area contributed by atoms with E-state index < -0.39 is 11.6 Å². The standard InChI is InChI=1S/C16H23F2N3O/c1-2-3-7-19-16(22)21-10-8-20(9-11-21)12-13-5-4-6-14(17)15(13)18/h4-6H,2-3,7-12H2,1H3,(H,19,22). The van der Waals surface area contributed by atoms with Crippen molar-refractivity contribution in [2.45, 2.75) is 26.3 Å². The van der Waals surface area contributed by atoms with Gasteiger partial charge >= 0.3 is 6.03 Å². The van der Waals surface area contributed by atoms with Crippen LogP contribution in [0.1, 0.15) is 25.3 Å². The van der Waals surface area contributed by atoms with Gasteiger partial charge in [-0.15, -0.1) is 0 Å². The van der Waals surface area contributed by atoms with Crippen molar-refractivity contribution in [3.63, 3.8) is 0 Å². The lowest BCUT2D eigenvalue weighted by Gasteiger charge is -2.34. The minimum absolute atomic E-state index is 0.0370. The maximum Gasteiger partial charge on any atom is 0.317 e. The molecule has 1 heterocycles. The average Bonchev–Trinajstić information content (AvgIpc) is 2.53. The van der Waals surface area contributed by atoms with Crippen LogP contribution in [0, 0.1) is 11.6 Å². The van der Waals surface area contributed by atoms with E-state index in [-0.39, 0.29) is 6.03 Å². The first-order chi connectivity index (χ1) is 10.6. The van der Waals surface area contributed by atoms with E-state index in [2.05, 4.69) is 12.2 Å². The number of unbranched alkanes of at least 4 members (excludes halogenated alkanes) is 1. The number of hydrogen-bond donors (Lipinski definition) is 1. The summed E-state index contributed by atoms with van der Waals surface area (Å²) in [6, 6.07) is 4.20. The third-order valence-corrected chi connectivity index (χ3v) is 3.89. The molecule has 22 heavy (non-hydrogen) atoms. The summed E-state index contributed by atoms with van der Waals surface area (Å²) in [7, 11) is 0. The van der Waals surface area contributed by atoms with Gasteiger partial charge in [0.25, 0.3) is 0 Å². The number of nitrogens with one attached hydrogen (secondary N) is 1. The molecule has 0 spiro atoms. The second-order valence-electron chi connectivity index (χ2n) is 5.56. The molecule has 0 radical (unpaired) electrons. The molecule has 1 saturated heterocycles. The van der Waals surface area contributed by atoms with Crippen LogP contribution in [0.4, 0.5) is 13.6 Å². The molecule has 0 saturated carbocycles. The summed E-state index contributed by atoms with van der Waals surface area (Å²) in [5.74, 6) is -1.59. The second kappa shape index (κ2) is 8.08. The Morgan fingerprint density at radius 1 is 1.23 bits per heavy atom. The number of halogens is 2. The summed E-state index contributed by atoms with van der Waals surface area (Å²) in [5.41, 5.74) is 0.362. The van der Waals surface area contributed by atoms with Gasteiger partial charge in [0, 0.05) is 44.8 Å². The number of amides is 2. The van der Waals surface area contributed by atoms with Gasteiger partial charge in [-0.05, 0) is 12.5 Å². The zero-order valence-corrected chi connectivity index (χ0v) is 12.9. The van der Waals surface area contributed by atoms with Crippen molar-refractivity contribution in [3.8, 4) is 0 Å². The number of piperazine rings is 1. The molecule has 2 amide bonds. The van der Waals surface area contributed by atoms with E-state index in [1.165, 1.54) is 6.07 Å². The number of urea groups is 1. The normalized spacial score (nSPS) is 15.9. The first-order valence-corrected chi connectivity index (χ1v) is 7.80. The number of nitrogens with zero attached hydrogens (tertiary/aromatic N) is 2. The summed E-state index contributed by atoms with van der Waals surface area (Å²) in [6.45, 7) is 5.69.